The molecule has 0 radical (unpaired) electrons. The van der Waals surface area contributed by atoms with Gasteiger partial charge in [-0.05, 0) is 37.8 Å². The molecule has 100 valence electrons. The maximum Gasteiger partial charge on any atom is 0.0572 e. The smallest absolute Gasteiger partial charge is 0.0572 e. The molecule has 0 aromatic carbocycles. The molecule has 2 unspecified atom stereocenters. The summed E-state index contributed by atoms with van der Waals surface area (Å²) < 4.78 is 0. The zero-order valence-electron chi connectivity index (χ0n) is 11.5. The van der Waals surface area contributed by atoms with Gasteiger partial charge in [0, 0.05) is 24.9 Å². The SMILES string of the molecule is CCNC(C)c1ccc(N(C)C2CCSC2)cn1. The number of rotatable bonds is 5. The molecule has 2 atom stereocenters. The first-order chi connectivity index (χ1) is 8.72. The second-order valence-corrected chi connectivity index (χ2v) is 6.00. The fraction of sp³-hybridized carbons (Fsp3) is 0.643. The van der Waals surface area contributed by atoms with Crippen molar-refractivity contribution in [3.63, 3.8) is 0 Å². The molecule has 3 nitrogen and oxygen atoms in total. The minimum atomic E-state index is 0.330. The van der Waals surface area contributed by atoms with Crippen LogP contribution in [0.1, 0.15) is 32.0 Å². The van der Waals surface area contributed by atoms with E-state index < -0.39 is 0 Å². The minimum Gasteiger partial charge on any atom is -0.370 e. The van der Waals surface area contributed by atoms with Gasteiger partial charge in [0.25, 0.3) is 0 Å². The monoisotopic (exact) mass is 265 g/mol. The Kier molecular flexibility index (Phi) is 4.89. The number of nitrogens with one attached hydrogen (secondary N) is 1. The summed E-state index contributed by atoms with van der Waals surface area (Å²) in [6.45, 7) is 5.25. The van der Waals surface area contributed by atoms with E-state index in [1.54, 1.807) is 0 Å². The highest BCUT2D eigenvalue weighted by molar-refractivity contribution is 7.99. The molecule has 2 rings (SSSR count). The second-order valence-electron chi connectivity index (χ2n) is 4.85. The third-order valence-corrected chi connectivity index (χ3v) is 4.73. The third kappa shape index (κ3) is 3.18. The highest BCUT2D eigenvalue weighted by Gasteiger charge is 2.20. The predicted octanol–water partition coefficient (Wildman–Crippen LogP) is 2.69. The van der Waals surface area contributed by atoms with E-state index in [2.05, 4.69) is 48.2 Å². The van der Waals surface area contributed by atoms with E-state index in [4.69, 9.17) is 0 Å². The number of aromatic nitrogens is 1. The number of hydrogen-bond acceptors (Lipinski definition) is 4. The van der Waals surface area contributed by atoms with Crippen LogP contribution in [0.25, 0.3) is 0 Å². The standard InChI is InChI=1S/C14H23N3S/c1-4-15-11(2)14-6-5-12(9-16-14)17(3)13-7-8-18-10-13/h5-6,9,11,13,15H,4,7-8,10H2,1-3H3. The van der Waals surface area contributed by atoms with Gasteiger partial charge < -0.3 is 10.2 Å². The summed E-state index contributed by atoms with van der Waals surface area (Å²) in [4.78, 5) is 6.95. The van der Waals surface area contributed by atoms with Crippen LogP contribution in [-0.2, 0) is 0 Å². The van der Waals surface area contributed by atoms with E-state index in [0.29, 0.717) is 12.1 Å². The quantitative estimate of drug-likeness (QED) is 0.886. The Morgan fingerprint density at radius 3 is 2.94 bits per heavy atom. The topological polar surface area (TPSA) is 28.2 Å². The molecule has 18 heavy (non-hydrogen) atoms. The first-order valence-corrected chi connectivity index (χ1v) is 7.87. The van der Waals surface area contributed by atoms with E-state index >= 15 is 0 Å². The number of hydrogen-bond donors (Lipinski definition) is 1. The Hall–Kier alpha value is -0.740. The predicted molar refractivity (Wildman–Crippen MR) is 80.5 cm³/mol. The largest absolute Gasteiger partial charge is 0.370 e. The van der Waals surface area contributed by atoms with Crippen molar-refractivity contribution in [3.05, 3.63) is 24.0 Å². The van der Waals surface area contributed by atoms with Crippen molar-refractivity contribution in [1.82, 2.24) is 10.3 Å². The Morgan fingerprint density at radius 2 is 2.39 bits per heavy atom. The van der Waals surface area contributed by atoms with Crippen LogP contribution in [0.5, 0.6) is 0 Å². The van der Waals surface area contributed by atoms with Crippen LogP contribution >= 0.6 is 11.8 Å². The Bertz CT molecular complexity index is 360. The summed E-state index contributed by atoms with van der Waals surface area (Å²) in [6, 6.07) is 5.34. The van der Waals surface area contributed by atoms with Gasteiger partial charge in [-0.15, -0.1) is 0 Å². The highest BCUT2D eigenvalue weighted by Crippen LogP contribution is 2.25. The molecular weight excluding hydrogens is 242 g/mol. The van der Waals surface area contributed by atoms with Crippen molar-refractivity contribution in [2.24, 2.45) is 0 Å². The summed E-state index contributed by atoms with van der Waals surface area (Å²) in [7, 11) is 2.18. The zero-order chi connectivity index (χ0) is 13.0. The van der Waals surface area contributed by atoms with Crippen LogP contribution in [0.4, 0.5) is 5.69 Å². The Morgan fingerprint density at radius 1 is 1.56 bits per heavy atom. The fourth-order valence-corrected chi connectivity index (χ4v) is 3.58. The van der Waals surface area contributed by atoms with Gasteiger partial charge in [-0.2, -0.15) is 11.8 Å². The number of nitrogens with zero attached hydrogens (tertiary/aromatic N) is 2. The van der Waals surface area contributed by atoms with E-state index in [1.165, 1.54) is 23.6 Å². The summed E-state index contributed by atoms with van der Waals surface area (Å²) in [5.74, 6) is 2.53. The molecule has 1 saturated heterocycles. The van der Waals surface area contributed by atoms with Crippen molar-refractivity contribution >= 4 is 17.4 Å². The molecule has 1 aliphatic rings. The van der Waals surface area contributed by atoms with Gasteiger partial charge in [0.1, 0.15) is 0 Å². The van der Waals surface area contributed by atoms with Gasteiger partial charge in [0.2, 0.25) is 0 Å². The summed E-state index contributed by atoms with van der Waals surface area (Å²) in [5, 5.41) is 3.39. The lowest BCUT2D eigenvalue weighted by Gasteiger charge is -2.26. The van der Waals surface area contributed by atoms with E-state index in [0.717, 1.165) is 12.2 Å². The van der Waals surface area contributed by atoms with Crippen molar-refractivity contribution in [2.75, 3.05) is 30.0 Å². The van der Waals surface area contributed by atoms with Crippen LogP contribution in [0.3, 0.4) is 0 Å². The zero-order valence-corrected chi connectivity index (χ0v) is 12.3. The minimum absolute atomic E-state index is 0.330. The molecule has 0 spiro atoms. The molecular formula is C14H23N3S. The van der Waals surface area contributed by atoms with Crippen molar-refractivity contribution < 1.29 is 0 Å². The molecule has 4 heteroatoms. The maximum atomic E-state index is 4.58. The third-order valence-electron chi connectivity index (χ3n) is 3.59. The van der Waals surface area contributed by atoms with Crippen molar-refractivity contribution in [1.29, 1.82) is 0 Å². The average Bonchev–Trinajstić information content (AvgIpc) is 2.92. The lowest BCUT2D eigenvalue weighted by molar-refractivity contribution is 0.583. The summed E-state index contributed by atoms with van der Waals surface area (Å²) >= 11 is 2.05. The number of pyridine rings is 1. The first kappa shape index (κ1) is 13.7. The Balaban J connectivity index is 2.02. The molecule has 0 amide bonds. The van der Waals surface area contributed by atoms with Crippen LogP contribution < -0.4 is 10.2 Å². The van der Waals surface area contributed by atoms with Gasteiger partial charge in [0.05, 0.1) is 17.6 Å². The van der Waals surface area contributed by atoms with Gasteiger partial charge in [-0.3, -0.25) is 4.98 Å². The second kappa shape index (κ2) is 6.43. The molecule has 1 aliphatic heterocycles. The summed E-state index contributed by atoms with van der Waals surface area (Å²) in [5.41, 5.74) is 2.35. The fourth-order valence-electron chi connectivity index (χ4n) is 2.31. The Labute approximate surface area is 114 Å². The van der Waals surface area contributed by atoms with Crippen LogP contribution in [0, 0.1) is 0 Å². The number of thioether (sulfide) groups is 1. The van der Waals surface area contributed by atoms with Gasteiger partial charge in [-0.25, -0.2) is 0 Å². The molecule has 2 heterocycles. The van der Waals surface area contributed by atoms with Crippen LogP contribution in [0.15, 0.2) is 18.3 Å². The normalized spacial score (nSPS) is 20.9. The molecule has 0 bridgehead atoms. The lowest BCUT2D eigenvalue weighted by atomic mass is 10.2. The molecule has 1 aromatic rings. The van der Waals surface area contributed by atoms with Crippen molar-refractivity contribution in [2.45, 2.75) is 32.4 Å². The van der Waals surface area contributed by atoms with Gasteiger partial charge >= 0.3 is 0 Å². The number of anilines is 1. The van der Waals surface area contributed by atoms with Crippen LogP contribution in [-0.4, -0.2) is 36.1 Å². The first-order valence-electron chi connectivity index (χ1n) is 6.72. The molecule has 0 saturated carbocycles. The molecule has 0 aliphatic carbocycles. The van der Waals surface area contributed by atoms with Crippen molar-refractivity contribution in [3.8, 4) is 0 Å². The van der Waals surface area contributed by atoms with E-state index in [9.17, 15) is 0 Å². The van der Waals surface area contributed by atoms with E-state index in [1.807, 2.05) is 18.0 Å². The maximum absolute atomic E-state index is 4.58. The molecule has 1 N–H and O–H groups in total. The lowest BCUT2D eigenvalue weighted by Crippen LogP contribution is -2.31. The molecule has 1 aromatic heterocycles. The van der Waals surface area contributed by atoms with Crippen LogP contribution in [0.2, 0.25) is 0 Å². The summed E-state index contributed by atoms with van der Waals surface area (Å²) in [6.07, 6.45) is 3.29. The van der Waals surface area contributed by atoms with Gasteiger partial charge in [-0.1, -0.05) is 6.92 Å². The van der Waals surface area contributed by atoms with E-state index in [-0.39, 0.29) is 0 Å². The molecule has 1 fully saturated rings. The highest BCUT2D eigenvalue weighted by atomic mass is 32.2. The van der Waals surface area contributed by atoms with Gasteiger partial charge in [0.15, 0.2) is 0 Å². The average molecular weight is 265 g/mol.